The molecule has 16 heteroatoms. The van der Waals surface area contributed by atoms with Crippen molar-refractivity contribution >= 4 is 33.4 Å². The number of rotatable bonds is 5. The fraction of sp³-hybridized carbons (Fsp3) is 0.167. The Morgan fingerprint density at radius 3 is 1.85 bits per heavy atom. The molecular formula is C24H12BrF11N2O2. The van der Waals surface area contributed by atoms with E-state index in [0.717, 1.165) is 42.5 Å². The van der Waals surface area contributed by atoms with Gasteiger partial charge in [-0.2, -0.15) is 39.5 Å². The first-order valence-electron chi connectivity index (χ1n) is 10.4. The summed E-state index contributed by atoms with van der Waals surface area (Å²) in [5.74, 6) is -3.41. The third-order valence-electron chi connectivity index (χ3n) is 5.49. The number of hydrogen-bond acceptors (Lipinski definition) is 2. The molecule has 4 nitrogen and oxygen atoms in total. The van der Waals surface area contributed by atoms with E-state index in [9.17, 15) is 57.9 Å². The van der Waals surface area contributed by atoms with Crippen molar-refractivity contribution in [1.82, 2.24) is 0 Å². The Balaban J connectivity index is 2.39. The van der Waals surface area contributed by atoms with Crippen LogP contribution in [0.25, 0.3) is 11.1 Å². The SMILES string of the molecule is NC(=O)c1cccc(NC(=O)c2cccc(F)c2)c1-c1c(Br)cc(C(F)(C(F)(F)F)C(F)(F)F)cc1C(F)(F)F. The maximum atomic E-state index is 14.7. The molecule has 214 valence electrons. The predicted octanol–water partition coefficient (Wildman–Crippen LogP) is 7.91. The van der Waals surface area contributed by atoms with Crippen LogP contribution in [-0.4, -0.2) is 24.2 Å². The second-order valence-corrected chi connectivity index (χ2v) is 8.94. The topological polar surface area (TPSA) is 72.2 Å². The molecule has 0 aliphatic heterocycles. The molecule has 0 unspecified atom stereocenters. The van der Waals surface area contributed by atoms with Crippen LogP contribution in [0.1, 0.15) is 31.8 Å². The normalized spacial score (nSPS) is 12.8. The summed E-state index contributed by atoms with van der Waals surface area (Å²) in [6.45, 7) is 0. The molecule has 0 bridgehead atoms. The molecule has 0 aliphatic carbocycles. The van der Waals surface area contributed by atoms with E-state index in [2.05, 4.69) is 21.2 Å². The number of carbonyl (C=O) groups excluding carboxylic acids is 2. The van der Waals surface area contributed by atoms with Gasteiger partial charge in [0.15, 0.2) is 0 Å². The average molecular weight is 649 g/mol. The van der Waals surface area contributed by atoms with Gasteiger partial charge < -0.3 is 11.1 Å². The standard InChI is InChI=1S/C24H12BrF11N2O2/c25-15-9-11(21(27,23(31,32)33)24(34,35)36)8-14(22(28,29)30)18(15)17-13(19(37)39)5-2-6-16(17)38-20(40)10-3-1-4-12(26)7-10/h1-9H,(H2,37,39)(H,38,40). The maximum Gasteiger partial charge on any atom is 0.435 e. The number of hydrogen-bond donors (Lipinski definition) is 2. The summed E-state index contributed by atoms with van der Waals surface area (Å²) < 4.78 is 149. The zero-order chi connectivity index (χ0) is 30.4. The van der Waals surface area contributed by atoms with Gasteiger partial charge in [0.2, 0.25) is 5.91 Å². The molecular weight excluding hydrogens is 637 g/mol. The van der Waals surface area contributed by atoms with E-state index < -0.39 is 85.9 Å². The van der Waals surface area contributed by atoms with E-state index in [1.807, 2.05) is 0 Å². The molecule has 0 heterocycles. The monoisotopic (exact) mass is 648 g/mol. The summed E-state index contributed by atoms with van der Waals surface area (Å²) in [4.78, 5) is 24.8. The van der Waals surface area contributed by atoms with Gasteiger partial charge in [-0.1, -0.05) is 28.1 Å². The van der Waals surface area contributed by atoms with Gasteiger partial charge in [0.05, 0.1) is 5.56 Å². The minimum Gasteiger partial charge on any atom is -0.366 e. The van der Waals surface area contributed by atoms with E-state index in [0.29, 0.717) is 0 Å². The summed E-state index contributed by atoms with van der Waals surface area (Å²) in [6.07, 6.45) is -19.2. The van der Waals surface area contributed by atoms with Gasteiger partial charge in [-0.15, -0.1) is 0 Å². The molecule has 0 spiro atoms. The molecule has 40 heavy (non-hydrogen) atoms. The average Bonchev–Trinajstić information content (AvgIpc) is 2.81. The second kappa shape index (κ2) is 10.4. The maximum absolute atomic E-state index is 14.7. The van der Waals surface area contributed by atoms with Gasteiger partial charge in [-0.3, -0.25) is 9.59 Å². The Kier molecular flexibility index (Phi) is 8.00. The predicted molar refractivity (Wildman–Crippen MR) is 122 cm³/mol. The number of nitrogens with one attached hydrogen (secondary N) is 1. The molecule has 3 aromatic rings. The molecule has 0 fully saturated rings. The third kappa shape index (κ3) is 5.62. The van der Waals surface area contributed by atoms with Crippen LogP contribution in [0.5, 0.6) is 0 Å². The van der Waals surface area contributed by atoms with Gasteiger partial charge in [0.25, 0.3) is 5.91 Å². The van der Waals surface area contributed by atoms with Crippen molar-refractivity contribution in [2.45, 2.75) is 24.2 Å². The van der Waals surface area contributed by atoms with Crippen molar-refractivity contribution in [3.63, 3.8) is 0 Å². The molecule has 0 aliphatic rings. The van der Waals surface area contributed by atoms with Gasteiger partial charge in [0.1, 0.15) is 5.82 Å². The van der Waals surface area contributed by atoms with Gasteiger partial charge >= 0.3 is 24.2 Å². The Morgan fingerprint density at radius 2 is 1.35 bits per heavy atom. The number of alkyl halides is 10. The highest BCUT2D eigenvalue weighted by Crippen LogP contribution is 2.56. The van der Waals surface area contributed by atoms with E-state index in [4.69, 9.17) is 5.73 Å². The molecule has 3 aromatic carbocycles. The van der Waals surface area contributed by atoms with Gasteiger partial charge in [-0.25, -0.2) is 8.78 Å². The van der Waals surface area contributed by atoms with Crippen LogP contribution in [0, 0.1) is 5.82 Å². The first-order chi connectivity index (χ1) is 18.2. The largest absolute Gasteiger partial charge is 0.435 e. The fourth-order valence-corrected chi connectivity index (χ4v) is 4.39. The summed E-state index contributed by atoms with van der Waals surface area (Å²) in [5, 5.41) is 2.11. The Morgan fingerprint density at radius 1 is 0.775 bits per heavy atom. The summed E-state index contributed by atoms with van der Waals surface area (Å²) in [5.41, 5.74) is -9.52. The highest BCUT2D eigenvalue weighted by molar-refractivity contribution is 9.10. The lowest BCUT2D eigenvalue weighted by molar-refractivity contribution is -0.348. The lowest BCUT2D eigenvalue weighted by Gasteiger charge is -2.31. The van der Waals surface area contributed by atoms with Crippen LogP contribution in [0.2, 0.25) is 0 Å². The lowest BCUT2D eigenvalue weighted by atomic mass is 9.87. The summed E-state index contributed by atoms with van der Waals surface area (Å²) in [6, 6.07) is 5.90. The number of benzene rings is 3. The molecule has 0 saturated carbocycles. The molecule has 0 radical (unpaired) electrons. The molecule has 0 saturated heterocycles. The fourth-order valence-electron chi connectivity index (χ4n) is 3.73. The quantitative estimate of drug-likeness (QED) is 0.276. The van der Waals surface area contributed by atoms with Crippen molar-refractivity contribution in [2.75, 3.05) is 5.32 Å². The molecule has 0 aromatic heterocycles. The van der Waals surface area contributed by atoms with Crippen molar-refractivity contribution < 1.29 is 57.9 Å². The number of amides is 2. The number of halogens is 12. The zero-order valence-corrected chi connectivity index (χ0v) is 20.7. The van der Waals surface area contributed by atoms with Gasteiger partial charge in [0, 0.05) is 38.0 Å². The first kappa shape index (κ1) is 30.8. The van der Waals surface area contributed by atoms with Crippen LogP contribution in [0.4, 0.5) is 54.0 Å². The number of nitrogens with two attached hydrogens (primary N) is 1. The molecule has 0 atom stereocenters. The van der Waals surface area contributed by atoms with Gasteiger partial charge in [-0.05, 0) is 42.5 Å². The smallest absolute Gasteiger partial charge is 0.366 e. The third-order valence-corrected chi connectivity index (χ3v) is 6.11. The molecule has 3 N–H and O–H groups in total. The Hall–Kier alpha value is -3.69. The molecule has 2 amide bonds. The Bertz CT molecular complexity index is 1470. The van der Waals surface area contributed by atoms with E-state index in [-0.39, 0.29) is 11.6 Å². The van der Waals surface area contributed by atoms with Crippen LogP contribution in [0.15, 0.2) is 59.1 Å². The van der Waals surface area contributed by atoms with E-state index in [1.54, 1.807) is 0 Å². The van der Waals surface area contributed by atoms with Crippen molar-refractivity contribution in [3.05, 3.63) is 87.1 Å². The first-order valence-corrected chi connectivity index (χ1v) is 11.2. The minimum atomic E-state index is -6.73. The van der Waals surface area contributed by atoms with Crippen LogP contribution < -0.4 is 11.1 Å². The van der Waals surface area contributed by atoms with Crippen LogP contribution in [-0.2, 0) is 11.8 Å². The minimum absolute atomic E-state index is 0.179. The highest BCUT2D eigenvalue weighted by Gasteiger charge is 2.73. The number of carbonyl (C=O) groups is 2. The van der Waals surface area contributed by atoms with Crippen molar-refractivity contribution in [1.29, 1.82) is 0 Å². The summed E-state index contributed by atoms with van der Waals surface area (Å²) >= 11 is 2.48. The van der Waals surface area contributed by atoms with Crippen molar-refractivity contribution in [3.8, 4) is 11.1 Å². The van der Waals surface area contributed by atoms with Crippen LogP contribution >= 0.6 is 15.9 Å². The van der Waals surface area contributed by atoms with E-state index in [1.165, 1.54) is 0 Å². The van der Waals surface area contributed by atoms with Crippen LogP contribution in [0.3, 0.4) is 0 Å². The highest BCUT2D eigenvalue weighted by atomic mass is 79.9. The zero-order valence-electron chi connectivity index (χ0n) is 19.1. The summed E-state index contributed by atoms with van der Waals surface area (Å²) in [7, 11) is 0. The van der Waals surface area contributed by atoms with Crippen molar-refractivity contribution in [2.24, 2.45) is 5.73 Å². The number of primary amides is 1. The Labute approximate surface area is 225 Å². The number of anilines is 1. The lowest BCUT2D eigenvalue weighted by Crippen LogP contribution is -2.50. The second-order valence-electron chi connectivity index (χ2n) is 8.09. The van der Waals surface area contributed by atoms with E-state index >= 15 is 0 Å². The molecule has 3 rings (SSSR count).